The Morgan fingerprint density at radius 3 is 2.77 bits per heavy atom. The van der Waals surface area contributed by atoms with Crippen LogP contribution in [-0.2, 0) is 11.2 Å². The summed E-state index contributed by atoms with van der Waals surface area (Å²) < 4.78 is 16.8. The van der Waals surface area contributed by atoms with Gasteiger partial charge in [-0.2, -0.15) is 0 Å². The Balaban J connectivity index is 1.60. The summed E-state index contributed by atoms with van der Waals surface area (Å²) in [4.78, 5) is 16.5. The molecule has 2 heterocycles. The summed E-state index contributed by atoms with van der Waals surface area (Å²) in [6.07, 6.45) is 4.50. The standard InChI is InChI=1S/C22H30N4O4/c1-2-10-23-21(27)9-12-25-22(24-11-8-18-5-3-13-28-18)26-17-6-7-19-20(16-17)30-15-4-14-29-19/h3,5-7,13,16H,2,4,8-12,14-15H2,1H3,(H,23,27)(H2,24,25,26). The third-order valence-corrected chi connectivity index (χ3v) is 4.44. The number of amides is 1. The highest BCUT2D eigenvalue weighted by molar-refractivity contribution is 5.94. The molecular weight excluding hydrogens is 384 g/mol. The molecule has 0 atom stereocenters. The van der Waals surface area contributed by atoms with Crippen molar-refractivity contribution in [2.75, 3.05) is 38.2 Å². The number of anilines is 1. The maximum Gasteiger partial charge on any atom is 0.221 e. The van der Waals surface area contributed by atoms with E-state index in [1.54, 1.807) is 6.26 Å². The summed E-state index contributed by atoms with van der Waals surface area (Å²) in [5.74, 6) is 2.96. The topological polar surface area (TPSA) is 97.1 Å². The van der Waals surface area contributed by atoms with Crippen LogP contribution in [0.15, 0.2) is 46.0 Å². The van der Waals surface area contributed by atoms with Crippen molar-refractivity contribution in [1.29, 1.82) is 0 Å². The molecule has 0 radical (unpaired) electrons. The SMILES string of the molecule is CCCNC(=O)CCNC(=NCCc1ccco1)Nc1ccc2c(c1)OCCCO2. The van der Waals surface area contributed by atoms with E-state index in [0.717, 1.165) is 30.0 Å². The van der Waals surface area contributed by atoms with Gasteiger partial charge in [-0.15, -0.1) is 0 Å². The van der Waals surface area contributed by atoms with Gasteiger partial charge in [0.15, 0.2) is 17.5 Å². The molecule has 8 heteroatoms. The Morgan fingerprint density at radius 1 is 1.10 bits per heavy atom. The number of nitrogens with one attached hydrogen (secondary N) is 3. The maximum absolute atomic E-state index is 11.9. The lowest BCUT2D eigenvalue weighted by atomic mass is 10.2. The maximum atomic E-state index is 11.9. The van der Waals surface area contributed by atoms with Crippen LogP contribution in [0.25, 0.3) is 0 Å². The minimum Gasteiger partial charge on any atom is -0.490 e. The van der Waals surface area contributed by atoms with Crippen molar-refractivity contribution in [2.45, 2.75) is 32.6 Å². The molecule has 0 saturated carbocycles. The van der Waals surface area contributed by atoms with E-state index >= 15 is 0 Å². The molecule has 1 aromatic carbocycles. The molecule has 162 valence electrons. The van der Waals surface area contributed by atoms with Crippen LogP contribution in [-0.4, -0.2) is 44.7 Å². The third-order valence-electron chi connectivity index (χ3n) is 4.44. The Kier molecular flexibility index (Phi) is 8.44. The molecule has 0 unspecified atom stereocenters. The van der Waals surface area contributed by atoms with Gasteiger partial charge in [0.2, 0.25) is 5.91 Å². The summed E-state index contributed by atoms with van der Waals surface area (Å²) in [6, 6.07) is 9.51. The third kappa shape index (κ3) is 7.02. The Morgan fingerprint density at radius 2 is 1.97 bits per heavy atom. The largest absolute Gasteiger partial charge is 0.490 e. The lowest BCUT2D eigenvalue weighted by molar-refractivity contribution is -0.120. The number of carbonyl (C=O) groups excluding carboxylic acids is 1. The van der Waals surface area contributed by atoms with Gasteiger partial charge in [0.1, 0.15) is 5.76 Å². The van der Waals surface area contributed by atoms with Crippen molar-refractivity contribution >= 4 is 17.6 Å². The Labute approximate surface area is 177 Å². The van der Waals surface area contributed by atoms with Gasteiger partial charge < -0.3 is 29.8 Å². The van der Waals surface area contributed by atoms with Gasteiger partial charge in [-0.05, 0) is 30.7 Å². The first-order chi connectivity index (χ1) is 14.7. The van der Waals surface area contributed by atoms with Crippen LogP contribution >= 0.6 is 0 Å². The Hall–Kier alpha value is -3.16. The van der Waals surface area contributed by atoms with Crippen LogP contribution in [0, 0.1) is 0 Å². The van der Waals surface area contributed by atoms with Gasteiger partial charge >= 0.3 is 0 Å². The number of carbonyl (C=O) groups is 1. The van der Waals surface area contributed by atoms with Gasteiger partial charge in [0.05, 0.1) is 19.5 Å². The fourth-order valence-electron chi connectivity index (χ4n) is 2.90. The second-order valence-electron chi connectivity index (χ2n) is 6.92. The van der Waals surface area contributed by atoms with Crippen molar-refractivity contribution in [3.63, 3.8) is 0 Å². The minimum absolute atomic E-state index is 0.0230. The van der Waals surface area contributed by atoms with Crippen molar-refractivity contribution in [3.8, 4) is 11.5 Å². The molecule has 2 aromatic rings. The fraction of sp³-hybridized carbons (Fsp3) is 0.455. The van der Waals surface area contributed by atoms with Crippen LogP contribution in [0.1, 0.15) is 31.9 Å². The average molecular weight is 415 g/mol. The monoisotopic (exact) mass is 414 g/mol. The number of rotatable bonds is 9. The molecular formula is C22H30N4O4. The molecule has 0 spiro atoms. The van der Waals surface area contributed by atoms with Gasteiger partial charge in [0, 0.05) is 50.7 Å². The van der Waals surface area contributed by atoms with E-state index in [9.17, 15) is 4.79 Å². The predicted octanol–water partition coefficient (Wildman–Crippen LogP) is 2.96. The summed E-state index contributed by atoms with van der Waals surface area (Å²) in [7, 11) is 0. The van der Waals surface area contributed by atoms with Crippen molar-refractivity contribution in [1.82, 2.24) is 10.6 Å². The fourth-order valence-corrected chi connectivity index (χ4v) is 2.90. The van der Waals surface area contributed by atoms with Gasteiger partial charge in [-0.25, -0.2) is 0 Å². The number of aliphatic imine (C=N–C) groups is 1. The van der Waals surface area contributed by atoms with Gasteiger partial charge in [-0.1, -0.05) is 6.92 Å². The molecule has 1 aliphatic rings. The van der Waals surface area contributed by atoms with Gasteiger partial charge in [0.25, 0.3) is 0 Å². The molecule has 1 aliphatic heterocycles. The highest BCUT2D eigenvalue weighted by Gasteiger charge is 2.12. The van der Waals surface area contributed by atoms with Crippen LogP contribution in [0.5, 0.6) is 11.5 Å². The first-order valence-corrected chi connectivity index (χ1v) is 10.5. The van der Waals surface area contributed by atoms with E-state index in [0.29, 0.717) is 57.4 Å². The molecule has 30 heavy (non-hydrogen) atoms. The molecule has 3 N–H and O–H groups in total. The first-order valence-electron chi connectivity index (χ1n) is 10.5. The number of furan rings is 1. The minimum atomic E-state index is 0.0230. The lowest BCUT2D eigenvalue weighted by Crippen LogP contribution is -2.35. The molecule has 0 aliphatic carbocycles. The zero-order chi connectivity index (χ0) is 21.0. The molecule has 3 rings (SSSR count). The number of nitrogens with zero attached hydrogens (tertiary/aromatic N) is 1. The van der Waals surface area contributed by atoms with E-state index < -0.39 is 0 Å². The van der Waals surface area contributed by atoms with E-state index in [-0.39, 0.29) is 5.91 Å². The van der Waals surface area contributed by atoms with Crippen molar-refractivity contribution in [2.24, 2.45) is 4.99 Å². The zero-order valence-electron chi connectivity index (χ0n) is 17.4. The predicted molar refractivity (Wildman–Crippen MR) is 116 cm³/mol. The molecule has 0 saturated heterocycles. The van der Waals surface area contributed by atoms with E-state index in [1.165, 1.54) is 0 Å². The molecule has 1 aromatic heterocycles. The number of hydrogen-bond acceptors (Lipinski definition) is 5. The molecule has 0 fully saturated rings. The van der Waals surface area contributed by atoms with Gasteiger partial charge in [-0.3, -0.25) is 9.79 Å². The second kappa shape index (κ2) is 11.7. The number of benzene rings is 1. The Bertz CT molecular complexity index is 821. The zero-order valence-corrected chi connectivity index (χ0v) is 17.4. The molecule has 8 nitrogen and oxygen atoms in total. The number of fused-ring (bicyclic) bond motifs is 1. The lowest BCUT2D eigenvalue weighted by Gasteiger charge is -2.14. The number of guanidine groups is 1. The molecule has 1 amide bonds. The second-order valence-corrected chi connectivity index (χ2v) is 6.92. The summed E-state index contributed by atoms with van der Waals surface area (Å²) >= 11 is 0. The van der Waals surface area contributed by atoms with Crippen molar-refractivity contribution < 1.29 is 18.7 Å². The van der Waals surface area contributed by atoms with Crippen LogP contribution in [0.4, 0.5) is 5.69 Å². The highest BCUT2D eigenvalue weighted by Crippen LogP contribution is 2.32. The highest BCUT2D eigenvalue weighted by atomic mass is 16.5. The number of ether oxygens (including phenoxy) is 2. The van der Waals surface area contributed by atoms with Crippen LogP contribution in [0.3, 0.4) is 0 Å². The number of hydrogen-bond donors (Lipinski definition) is 3. The summed E-state index contributed by atoms with van der Waals surface area (Å²) in [6.45, 7) is 5.04. The average Bonchev–Trinajstić information content (AvgIpc) is 3.15. The van der Waals surface area contributed by atoms with Crippen LogP contribution in [0.2, 0.25) is 0 Å². The first kappa shape index (κ1) is 21.5. The molecule has 0 bridgehead atoms. The van der Waals surface area contributed by atoms with Crippen molar-refractivity contribution in [3.05, 3.63) is 42.4 Å². The smallest absolute Gasteiger partial charge is 0.221 e. The van der Waals surface area contributed by atoms with E-state index in [2.05, 4.69) is 20.9 Å². The van der Waals surface area contributed by atoms with E-state index in [1.807, 2.05) is 37.3 Å². The van der Waals surface area contributed by atoms with E-state index in [4.69, 9.17) is 13.9 Å². The summed E-state index contributed by atoms with van der Waals surface area (Å²) in [5, 5.41) is 9.39. The summed E-state index contributed by atoms with van der Waals surface area (Å²) in [5.41, 5.74) is 0.832. The quantitative estimate of drug-likeness (QED) is 0.431. The normalized spacial score (nSPS) is 13.4. The van der Waals surface area contributed by atoms with Crippen LogP contribution < -0.4 is 25.4 Å².